The first kappa shape index (κ1) is 13.6. The molecular formula is C15H23NOS. The number of anilines is 1. The summed E-state index contributed by atoms with van der Waals surface area (Å²) >= 11 is 0. The van der Waals surface area contributed by atoms with E-state index in [9.17, 15) is 4.21 Å². The average Bonchev–Trinajstić information content (AvgIpc) is 2.38. The number of nitrogen functional groups attached to an aromatic ring is 1. The highest BCUT2D eigenvalue weighted by Crippen LogP contribution is 2.33. The summed E-state index contributed by atoms with van der Waals surface area (Å²) in [4.78, 5) is 0.981. The average molecular weight is 265 g/mol. The highest BCUT2D eigenvalue weighted by molar-refractivity contribution is 7.85. The molecule has 1 aromatic rings. The molecule has 0 aromatic heterocycles. The van der Waals surface area contributed by atoms with Gasteiger partial charge < -0.3 is 5.73 Å². The SMILES string of the molecule is CCC1CCCCC1S(=O)c1ccc(N)cc1C. The minimum Gasteiger partial charge on any atom is -0.399 e. The van der Waals surface area contributed by atoms with E-state index in [0.717, 1.165) is 29.0 Å². The minimum atomic E-state index is -0.875. The van der Waals surface area contributed by atoms with Crippen LogP contribution in [0.1, 0.15) is 44.6 Å². The van der Waals surface area contributed by atoms with E-state index < -0.39 is 10.8 Å². The third-order valence-electron chi connectivity index (χ3n) is 4.05. The lowest BCUT2D eigenvalue weighted by Gasteiger charge is -2.30. The Morgan fingerprint density at radius 3 is 2.72 bits per heavy atom. The van der Waals surface area contributed by atoms with Crippen molar-refractivity contribution in [3.63, 3.8) is 0 Å². The van der Waals surface area contributed by atoms with E-state index in [2.05, 4.69) is 6.92 Å². The normalized spacial score (nSPS) is 25.9. The molecule has 1 saturated carbocycles. The maximum absolute atomic E-state index is 12.8. The second-order valence-corrected chi connectivity index (χ2v) is 6.95. The maximum Gasteiger partial charge on any atom is 0.0566 e. The van der Waals surface area contributed by atoms with Crippen molar-refractivity contribution in [2.75, 3.05) is 5.73 Å². The summed E-state index contributed by atoms with van der Waals surface area (Å²) in [7, 11) is -0.875. The van der Waals surface area contributed by atoms with E-state index in [1.807, 2.05) is 25.1 Å². The Morgan fingerprint density at radius 2 is 2.06 bits per heavy atom. The summed E-state index contributed by atoms with van der Waals surface area (Å²) in [6.07, 6.45) is 6.01. The summed E-state index contributed by atoms with van der Waals surface area (Å²) < 4.78 is 12.8. The van der Waals surface area contributed by atoms with Crippen LogP contribution in [-0.2, 0) is 10.8 Å². The van der Waals surface area contributed by atoms with Gasteiger partial charge in [0.05, 0.1) is 10.8 Å². The molecular weight excluding hydrogens is 242 g/mol. The van der Waals surface area contributed by atoms with Crippen molar-refractivity contribution in [3.05, 3.63) is 23.8 Å². The molecule has 3 atom stereocenters. The van der Waals surface area contributed by atoms with Crippen LogP contribution in [0.25, 0.3) is 0 Å². The molecule has 2 nitrogen and oxygen atoms in total. The summed E-state index contributed by atoms with van der Waals surface area (Å²) in [5.41, 5.74) is 7.58. The van der Waals surface area contributed by atoms with Gasteiger partial charge in [0.2, 0.25) is 0 Å². The van der Waals surface area contributed by atoms with Crippen molar-refractivity contribution in [2.24, 2.45) is 5.92 Å². The van der Waals surface area contributed by atoms with Gasteiger partial charge >= 0.3 is 0 Å². The Labute approximate surface area is 112 Å². The fraction of sp³-hybridized carbons (Fsp3) is 0.600. The molecule has 0 aliphatic heterocycles. The predicted octanol–water partition coefficient (Wildman–Crippen LogP) is 3.65. The Morgan fingerprint density at radius 1 is 1.33 bits per heavy atom. The third kappa shape index (κ3) is 2.77. The molecule has 2 N–H and O–H groups in total. The van der Waals surface area contributed by atoms with Gasteiger partial charge in [0.25, 0.3) is 0 Å². The van der Waals surface area contributed by atoms with Crippen LogP contribution in [0.5, 0.6) is 0 Å². The van der Waals surface area contributed by atoms with Crippen molar-refractivity contribution >= 4 is 16.5 Å². The highest BCUT2D eigenvalue weighted by Gasteiger charge is 2.29. The summed E-state index contributed by atoms with van der Waals surface area (Å²) in [6.45, 7) is 4.23. The molecule has 1 fully saturated rings. The van der Waals surface area contributed by atoms with E-state index in [1.165, 1.54) is 19.3 Å². The van der Waals surface area contributed by atoms with E-state index in [0.29, 0.717) is 11.2 Å². The maximum atomic E-state index is 12.8. The molecule has 3 heteroatoms. The molecule has 18 heavy (non-hydrogen) atoms. The van der Waals surface area contributed by atoms with Crippen molar-refractivity contribution < 1.29 is 4.21 Å². The number of hydrogen-bond donors (Lipinski definition) is 1. The molecule has 3 unspecified atom stereocenters. The van der Waals surface area contributed by atoms with Gasteiger partial charge in [-0.25, -0.2) is 0 Å². The molecule has 0 amide bonds. The Bertz CT molecular complexity index is 444. The molecule has 1 aromatic carbocycles. The van der Waals surface area contributed by atoms with Crippen LogP contribution in [0, 0.1) is 12.8 Å². The molecule has 1 aliphatic carbocycles. The van der Waals surface area contributed by atoms with Gasteiger partial charge in [-0.2, -0.15) is 0 Å². The fourth-order valence-corrected chi connectivity index (χ4v) is 4.95. The predicted molar refractivity (Wildman–Crippen MR) is 78.0 cm³/mol. The molecule has 0 spiro atoms. The van der Waals surface area contributed by atoms with Crippen LogP contribution in [0.4, 0.5) is 5.69 Å². The van der Waals surface area contributed by atoms with E-state index in [1.54, 1.807) is 0 Å². The molecule has 0 bridgehead atoms. The van der Waals surface area contributed by atoms with Crippen molar-refractivity contribution in [1.29, 1.82) is 0 Å². The Kier molecular flexibility index (Phi) is 4.44. The van der Waals surface area contributed by atoms with Crippen molar-refractivity contribution in [3.8, 4) is 0 Å². The van der Waals surface area contributed by atoms with Crippen LogP contribution in [0.15, 0.2) is 23.1 Å². The van der Waals surface area contributed by atoms with Gasteiger partial charge in [0.1, 0.15) is 0 Å². The third-order valence-corrected chi connectivity index (χ3v) is 6.12. The monoisotopic (exact) mass is 265 g/mol. The largest absolute Gasteiger partial charge is 0.399 e. The zero-order valence-corrected chi connectivity index (χ0v) is 12.1. The molecule has 2 rings (SSSR count). The summed E-state index contributed by atoms with van der Waals surface area (Å²) in [6, 6.07) is 5.74. The van der Waals surface area contributed by atoms with Crippen molar-refractivity contribution in [2.45, 2.75) is 56.1 Å². The second-order valence-electron chi connectivity index (χ2n) is 5.31. The summed E-state index contributed by atoms with van der Waals surface area (Å²) in [5, 5.41) is 0.339. The first-order valence-corrected chi connectivity index (χ1v) is 8.11. The lowest BCUT2D eigenvalue weighted by atomic mass is 9.87. The number of aryl methyl sites for hydroxylation is 1. The number of hydrogen-bond acceptors (Lipinski definition) is 2. The van der Waals surface area contributed by atoms with Gasteiger partial charge in [-0.1, -0.05) is 26.2 Å². The smallest absolute Gasteiger partial charge is 0.0566 e. The van der Waals surface area contributed by atoms with Crippen LogP contribution in [0.3, 0.4) is 0 Å². The zero-order valence-electron chi connectivity index (χ0n) is 11.3. The quantitative estimate of drug-likeness (QED) is 0.848. The Hall–Kier alpha value is -0.830. The lowest BCUT2D eigenvalue weighted by molar-refractivity contribution is 0.355. The standard InChI is InChI=1S/C15H23NOS/c1-3-12-6-4-5-7-15(12)18(17)14-9-8-13(16)10-11(14)2/h8-10,12,15H,3-7,16H2,1-2H3. The Balaban J connectivity index is 2.24. The molecule has 0 radical (unpaired) electrons. The van der Waals surface area contributed by atoms with Crippen LogP contribution in [-0.4, -0.2) is 9.46 Å². The van der Waals surface area contributed by atoms with Gasteiger partial charge in [-0.3, -0.25) is 4.21 Å². The topological polar surface area (TPSA) is 43.1 Å². The van der Waals surface area contributed by atoms with Crippen LogP contribution >= 0.6 is 0 Å². The first-order chi connectivity index (χ1) is 8.63. The number of benzene rings is 1. The molecule has 0 saturated heterocycles. The lowest BCUT2D eigenvalue weighted by Crippen LogP contribution is -2.29. The van der Waals surface area contributed by atoms with Crippen molar-refractivity contribution in [1.82, 2.24) is 0 Å². The number of nitrogens with two attached hydrogens (primary N) is 1. The molecule has 0 heterocycles. The van der Waals surface area contributed by atoms with Gasteiger partial charge in [0.15, 0.2) is 0 Å². The highest BCUT2D eigenvalue weighted by atomic mass is 32.2. The molecule has 1 aliphatic rings. The summed E-state index contributed by atoms with van der Waals surface area (Å²) in [5.74, 6) is 0.622. The number of rotatable bonds is 3. The fourth-order valence-electron chi connectivity index (χ4n) is 2.98. The van der Waals surface area contributed by atoms with Crippen LogP contribution in [0.2, 0.25) is 0 Å². The first-order valence-electron chi connectivity index (χ1n) is 6.90. The van der Waals surface area contributed by atoms with Gasteiger partial charge in [-0.15, -0.1) is 0 Å². The van der Waals surface area contributed by atoms with E-state index in [-0.39, 0.29) is 0 Å². The van der Waals surface area contributed by atoms with Crippen LogP contribution < -0.4 is 5.73 Å². The van der Waals surface area contributed by atoms with E-state index >= 15 is 0 Å². The minimum absolute atomic E-state index is 0.339. The van der Waals surface area contributed by atoms with E-state index in [4.69, 9.17) is 5.73 Å². The second kappa shape index (κ2) is 5.87. The van der Waals surface area contributed by atoms with Gasteiger partial charge in [-0.05, 0) is 49.4 Å². The molecule has 100 valence electrons. The van der Waals surface area contributed by atoms with Gasteiger partial charge in [0, 0.05) is 15.8 Å². The zero-order chi connectivity index (χ0) is 13.1.